The molecule has 1 aromatic carbocycles. The van der Waals surface area contributed by atoms with Gasteiger partial charge in [0.05, 0.1) is 0 Å². The molecule has 1 saturated heterocycles. The Morgan fingerprint density at radius 1 is 1.47 bits per heavy atom. The zero-order chi connectivity index (χ0) is 13.2. The quantitative estimate of drug-likeness (QED) is 0.847. The average molecular weight is 260 g/mol. The van der Waals surface area contributed by atoms with Crippen molar-refractivity contribution in [2.24, 2.45) is 5.92 Å². The minimum Gasteiger partial charge on any atom is -0.396 e. The van der Waals surface area contributed by atoms with Gasteiger partial charge in [0.1, 0.15) is 0 Å². The van der Waals surface area contributed by atoms with Gasteiger partial charge in [-0.1, -0.05) is 6.07 Å². The van der Waals surface area contributed by atoms with Crippen molar-refractivity contribution in [3.8, 4) is 0 Å². The van der Waals surface area contributed by atoms with Gasteiger partial charge in [0.25, 0.3) is 5.91 Å². The van der Waals surface area contributed by atoms with E-state index < -0.39 is 0 Å². The van der Waals surface area contributed by atoms with Crippen LogP contribution in [-0.2, 0) is 6.42 Å². The largest absolute Gasteiger partial charge is 0.396 e. The van der Waals surface area contributed by atoms with E-state index in [9.17, 15) is 9.90 Å². The number of piperidine rings is 1. The van der Waals surface area contributed by atoms with E-state index in [1.165, 1.54) is 5.56 Å². The average Bonchev–Trinajstić information content (AvgIpc) is 2.94. The van der Waals surface area contributed by atoms with Crippen LogP contribution in [0.1, 0.15) is 28.8 Å². The monoisotopic (exact) mass is 260 g/mol. The van der Waals surface area contributed by atoms with Crippen LogP contribution in [0.2, 0.25) is 0 Å². The molecule has 4 nitrogen and oxygen atoms in total. The van der Waals surface area contributed by atoms with Crippen molar-refractivity contribution in [3.05, 3.63) is 29.3 Å². The molecular weight excluding hydrogens is 240 g/mol. The Morgan fingerprint density at radius 3 is 3.21 bits per heavy atom. The molecule has 0 radical (unpaired) electrons. The summed E-state index contributed by atoms with van der Waals surface area (Å²) in [5.41, 5.74) is 3.15. The van der Waals surface area contributed by atoms with Crippen molar-refractivity contribution in [2.45, 2.75) is 19.3 Å². The van der Waals surface area contributed by atoms with Gasteiger partial charge >= 0.3 is 0 Å². The number of amides is 1. The van der Waals surface area contributed by atoms with Crippen LogP contribution >= 0.6 is 0 Å². The van der Waals surface area contributed by atoms with Gasteiger partial charge < -0.3 is 15.3 Å². The number of nitrogens with one attached hydrogen (secondary N) is 1. The van der Waals surface area contributed by atoms with Crippen LogP contribution in [0.4, 0.5) is 5.69 Å². The number of fused-ring (bicyclic) bond motifs is 1. The Balaban J connectivity index is 1.76. The molecule has 1 aromatic rings. The summed E-state index contributed by atoms with van der Waals surface area (Å²) in [5.74, 6) is 0.333. The number of likely N-dealkylation sites (tertiary alicyclic amines) is 1. The fourth-order valence-corrected chi connectivity index (χ4v) is 3.01. The van der Waals surface area contributed by atoms with Gasteiger partial charge in [0.15, 0.2) is 0 Å². The van der Waals surface area contributed by atoms with Crippen LogP contribution in [0.25, 0.3) is 0 Å². The van der Waals surface area contributed by atoms with Crippen LogP contribution < -0.4 is 5.32 Å². The van der Waals surface area contributed by atoms with E-state index in [2.05, 4.69) is 11.4 Å². The van der Waals surface area contributed by atoms with E-state index in [-0.39, 0.29) is 18.4 Å². The van der Waals surface area contributed by atoms with Gasteiger partial charge in [-0.15, -0.1) is 0 Å². The first kappa shape index (κ1) is 12.5. The molecule has 2 aliphatic rings. The molecule has 1 amide bonds. The molecule has 1 atom stereocenters. The first-order valence-corrected chi connectivity index (χ1v) is 7.05. The molecule has 19 heavy (non-hydrogen) atoms. The minimum absolute atomic E-state index is 0.0923. The van der Waals surface area contributed by atoms with Crippen LogP contribution in [0.15, 0.2) is 18.2 Å². The Morgan fingerprint density at radius 2 is 2.37 bits per heavy atom. The molecule has 0 aliphatic carbocycles. The van der Waals surface area contributed by atoms with Gasteiger partial charge in [-0.05, 0) is 42.9 Å². The van der Waals surface area contributed by atoms with Crippen molar-refractivity contribution in [1.29, 1.82) is 0 Å². The van der Waals surface area contributed by atoms with Gasteiger partial charge in [-0.25, -0.2) is 0 Å². The lowest BCUT2D eigenvalue weighted by Crippen LogP contribution is -2.40. The highest BCUT2D eigenvalue weighted by atomic mass is 16.3. The Bertz CT molecular complexity index is 487. The zero-order valence-electron chi connectivity index (χ0n) is 11.1. The second-order valence-electron chi connectivity index (χ2n) is 5.49. The molecule has 2 heterocycles. The fraction of sp³-hybridized carbons (Fsp3) is 0.533. The zero-order valence-corrected chi connectivity index (χ0v) is 11.1. The van der Waals surface area contributed by atoms with Crippen LogP contribution in [-0.4, -0.2) is 42.2 Å². The molecule has 0 saturated carbocycles. The minimum atomic E-state index is 0.0923. The SMILES string of the molecule is O=C(c1ccc2c(c1)NCC2)N1CCCC(CO)C1. The summed E-state index contributed by atoms with van der Waals surface area (Å²) in [6, 6.07) is 5.94. The Kier molecular flexibility index (Phi) is 3.42. The number of hydrogen-bond donors (Lipinski definition) is 2. The van der Waals surface area contributed by atoms with Gasteiger partial charge in [0, 0.05) is 37.5 Å². The number of benzene rings is 1. The number of nitrogens with zero attached hydrogens (tertiary/aromatic N) is 1. The highest BCUT2D eigenvalue weighted by Crippen LogP contribution is 2.25. The number of carbonyl (C=O) groups is 1. The summed E-state index contributed by atoms with van der Waals surface area (Å²) in [6.45, 7) is 2.62. The van der Waals surface area contributed by atoms with E-state index >= 15 is 0 Å². The maximum Gasteiger partial charge on any atom is 0.253 e. The highest BCUT2D eigenvalue weighted by Gasteiger charge is 2.24. The van der Waals surface area contributed by atoms with Crippen LogP contribution in [0.5, 0.6) is 0 Å². The van der Waals surface area contributed by atoms with Crippen molar-refractivity contribution in [2.75, 3.05) is 31.6 Å². The number of aliphatic hydroxyl groups is 1. The van der Waals surface area contributed by atoms with E-state index in [4.69, 9.17) is 0 Å². The summed E-state index contributed by atoms with van der Waals surface area (Å²) in [5, 5.41) is 12.5. The fourth-order valence-electron chi connectivity index (χ4n) is 3.01. The summed E-state index contributed by atoms with van der Waals surface area (Å²) < 4.78 is 0. The van der Waals surface area contributed by atoms with E-state index in [1.54, 1.807) is 0 Å². The molecule has 0 spiro atoms. The number of anilines is 1. The molecule has 4 heteroatoms. The van der Waals surface area contributed by atoms with Crippen LogP contribution in [0, 0.1) is 5.92 Å². The topological polar surface area (TPSA) is 52.6 Å². The molecule has 3 rings (SSSR count). The third-order valence-electron chi connectivity index (χ3n) is 4.13. The lowest BCUT2D eigenvalue weighted by Gasteiger charge is -2.32. The summed E-state index contributed by atoms with van der Waals surface area (Å²) in [7, 11) is 0. The van der Waals surface area contributed by atoms with Crippen molar-refractivity contribution in [1.82, 2.24) is 4.90 Å². The summed E-state index contributed by atoms with van der Waals surface area (Å²) in [6.07, 6.45) is 3.05. The third kappa shape index (κ3) is 2.45. The predicted molar refractivity (Wildman–Crippen MR) is 74.3 cm³/mol. The summed E-state index contributed by atoms with van der Waals surface area (Å²) >= 11 is 0. The standard InChI is InChI=1S/C15H20N2O2/c18-10-11-2-1-7-17(9-11)15(19)13-4-3-12-5-6-16-14(12)8-13/h3-4,8,11,16,18H,1-2,5-7,9-10H2. The van der Waals surface area contributed by atoms with E-state index in [1.807, 2.05) is 17.0 Å². The molecule has 1 unspecified atom stereocenters. The van der Waals surface area contributed by atoms with Gasteiger partial charge in [-0.3, -0.25) is 4.79 Å². The second-order valence-corrected chi connectivity index (χ2v) is 5.49. The number of aliphatic hydroxyl groups excluding tert-OH is 1. The Hall–Kier alpha value is -1.55. The molecule has 0 bridgehead atoms. The number of carbonyl (C=O) groups excluding carboxylic acids is 1. The van der Waals surface area contributed by atoms with Gasteiger partial charge in [0.2, 0.25) is 0 Å². The lowest BCUT2D eigenvalue weighted by atomic mass is 9.98. The van der Waals surface area contributed by atoms with Crippen molar-refractivity contribution in [3.63, 3.8) is 0 Å². The highest BCUT2D eigenvalue weighted by molar-refractivity contribution is 5.95. The smallest absolute Gasteiger partial charge is 0.253 e. The molecular formula is C15H20N2O2. The van der Waals surface area contributed by atoms with Crippen molar-refractivity contribution < 1.29 is 9.90 Å². The molecule has 1 fully saturated rings. The normalized spacial score (nSPS) is 21.9. The van der Waals surface area contributed by atoms with Crippen molar-refractivity contribution >= 4 is 11.6 Å². The first-order chi connectivity index (χ1) is 9.28. The Labute approximate surface area is 113 Å². The van der Waals surface area contributed by atoms with E-state index in [0.29, 0.717) is 6.54 Å². The summed E-state index contributed by atoms with van der Waals surface area (Å²) in [4.78, 5) is 14.4. The second kappa shape index (κ2) is 5.21. The maximum atomic E-state index is 12.5. The molecule has 2 aliphatic heterocycles. The third-order valence-corrected chi connectivity index (χ3v) is 4.13. The number of hydrogen-bond acceptors (Lipinski definition) is 3. The maximum absolute atomic E-state index is 12.5. The molecule has 0 aromatic heterocycles. The molecule has 102 valence electrons. The molecule has 2 N–H and O–H groups in total. The predicted octanol–water partition coefficient (Wildman–Crippen LogP) is 1.50. The first-order valence-electron chi connectivity index (χ1n) is 7.05. The lowest BCUT2D eigenvalue weighted by molar-refractivity contribution is 0.0621. The van der Waals surface area contributed by atoms with Gasteiger partial charge in [-0.2, -0.15) is 0 Å². The van der Waals surface area contributed by atoms with E-state index in [0.717, 1.165) is 43.6 Å². The number of rotatable bonds is 2. The van der Waals surface area contributed by atoms with Crippen LogP contribution in [0.3, 0.4) is 0 Å².